The first-order valence-electron chi connectivity index (χ1n) is 7.66. The molecule has 0 saturated carbocycles. The second kappa shape index (κ2) is 6.55. The maximum Gasteiger partial charge on any atom is 0.233 e. The number of halogens is 1. The van der Waals surface area contributed by atoms with Crippen LogP contribution in [0.1, 0.15) is 0 Å². The van der Waals surface area contributed by atoms with Gasteiger partial charge in [-0.25, -0.2) is 18.4 Å². The van der Waals surface area contributed by atoms with Gasteiger partial charge in [-0.15, -0.1) is 0 Å². The number of nitrogens with two attached hydrogens (primary N) is 2. The van der Waals surface area contributed by atoms with Gasteiger partial charge in [-0.1, -0.05) is 41.7 Å². The molecule has 2 heterocycles. The van der Waals surface area contributed by atoms with Crippen molar-refractivity contribution in [2.24, 2.45) is 0 Å². The minimum atomic E-state index is -3.83. The van der Waals surface area contributed by atoms with Gasteiger partial charge in [0.15, 0.2) is 0 Å². The molecule has 0 atom stereocenters. The lowest BCUT2D eigenvalue weighted by Gasteiger charge is -2.05. The summed E-state index contributed by atoms with van der Waals surface area (Å²) in [5.74, 6) is 0.159. The Labute approximate surface area is 167 Å². The first-order valence-corrected chi connectivity index (χ1v) is 10.7. The number of sulfone groups is 1. The molecule has 136 valence electrons. The molecule has 4 aromatic rings. The van der Waals surface area contributed by atoms with Gasteiger partial charge in [0.25, 0.3) is 0 Å². The molecule has 0 aliphatic rings. The van der Waals surface area contributed by atoms with Gasteiger partial charge in [-0.05, 0) is 34.1 Å². The first-order chi connectivity index (χ1) is 12.9. The average molecular weight is 462 g/mol. The minimum absolute atomic E-state index is 0.0116. The van der Waals surface area contributed by atoms with Crippen molar-refractivity contribution in [2.45, 2.75) is 9.24 Å². The van der Waals surface area contributed by atoms with Crippen LogP contribution >= 0.6 is 27.3 Å². The Balaban J connectivity index is 1.84. The zero-order valence-corrected chi connectivity index (χ0v) is 16.8. The van der Waals surface area contributed by atoms with Crippen LogP contribution in [-0.4, -0.2) is 23.4 Å². The molecule has 10 heteroatoms. The minimum Gasteiger partial charge on any atom is -0.383 e. The number of hydrogen-bond donors (Lipinski definition) is 2. The van der Waals surface area contributed by atoms with Crippen LogP contribution in [0.25, 0.3) is 22.2 Å². The van der Waals surface area contributed by atoms with Crippen LogP contribution in [0.2, 0.25) is 0 Å². The molecular formula is C17H12BrN5O2S2. The number of fused-ring (bicyclic) bond motifs is 1. The van der Waals surface area contributed by atoms with Crippen molar-refractivity contribution in [2.75, 3.05) is 11.5 Å². The Morgan fingerprint density at radius 1 is 0.963 bits per heavy atom. The SMILES string of the molecule is Nc1nc(N)c2cc(S(=O)(=O)c3nc(-c4ccccc4)c(Br)s3)ccc2n1. The van der Waals surface area contributed by atoms with Crippen LogP contribution in [0.3, 0.4) is 0 Å². The number of aromatic nitrogens is 3. The zero-order valence-electron chi connectivity index (χ0n) is 13.6. The molecule has 2 aromatic heterocycles. The number of anilines is 2. The number of hydrogen-bond acceptors (Lipinski definition) is 8. The van der Waals surface area contributed by atoms with E-state index in [1.807, 2.05) is 30.3 Å². The lowest BCUT2D eigenvalue weighted by Crippen LogP contribution is -2.04. The second-order valence-corrected chi connectivity index (χ2v) is 10.1. The van der Waals surface area contributed by atoms with Crippen molar-refractivity contribution >= 4 is 59.8 Å². The molecule has 0 radical (unpaired) electrons. The maximum absolute atomic E-state index is 13.1. The fraction of sp³-hybridized carbons (Fsp3) is 0. The number of nitrogens with zero attached hydrogens (tertiary/aromatic N) is 3. The summed E-state index contributed by atoms with van der Waals surface area (Å²) in [6.07, 6.45) is 0. The summed E-state index contributed by atoms with van der Waals surface area (Å²) in [5.41, 5.74) is 13.3. The van der Waals surface area contributed by atoms with E-state index in [0.717, 1.165) is 16.9 Å². The summed E-state index contributed by atoms with van der Waals surface area (Å²) < 4.78 is 26.8. The number of benzene rings is 2. The lowest BCUT2D eigenvalue weighted by molar-refractivity contribution is 0.595. The van der Waals surface area contributed by atoms with Gasteiger partial charge in [-0.2, -0.15) is 4.98 Å². The van der Waals surface area contributed by atoms with E-state index in [4.69, 9.17) is 11.5 Å². The fourth-order valence-corrected chi connectivity index (χ4v) is 6.15. The van der Waals surface area contributed by atoms with Gasteiger partial charge in [-0.3, -0.25) is 0 Å². The molecule has 27 heavy (non-hydrogen) atoms. The highest BCUT2D eigenvalue weighted by atomic mass is 79.9. The third-order valence-corrected chi connectivity index (χ3v) is 7.70. The molecule has 0 spiro atoms. The van der Waals surface area contributed by atoms with Crippen LogP contribution in [0.15, 0.2) is 61.6 Å². The summed E-state index contributed by atoms with van der Waals surface area (Å²) in [5, 5.41) is 0.421. The fourth-order valence-electron chi connectivity index (χ4n) is 2.59. The summed E-state index contributed by atoms with van der Waals surface area (Å²) in [6.45, 7) is 0. The molecule has 0 aliphatic heterocycles. The smallest absolute Gasteiger partial charge is 0.233 e. The van der Waals surface area contributed by atoms with Crippen molar-refractivity contribution in [3.63, 3.8) is 0 Å². The summed E-state index contributed by atoms with van der Waals surface area (Å²) >= 11 is 4.47. The van der Waals surface area contributed by atoms with Crippen LogP contribution in [-0.2, 0) is 9.84 Å². The van der Waals surface area contributed by atoms with Gasteiger partial charge in [0.2, 0.25) is 20.1 Å². The van der Waals surface area contributed by atoms with Gasteiger partial charge in [0, 0.05) is 10.9 Å². The largest absolute Gasteiger partial charge is 0.383 e. The standard InChI is InChI=1S/C17H12BrN5O2S2/c18-14-13(9-4-2-1-3-5-9)22-17(26-14)27(24,25)10-6-7-12-11(8-10)15(19)23-16(20)21-12/h1-8H,(H4,19,20,21,23). The normalized spacial score (nSPS) is 11.7. The van der Waals surface area contributed by atoms with E-state index in [2.05, 4.69) is 30.9 Å². The third kappa shape index (κ3) is 3.15. The van der Waals surface area contributed by atoms with Crippen LogP contribution in [0.5, 0.6) is 0 Å². The molecule has 0 bridgehead atoms. The van der Waals surface area contributed by atoms with Crippen molar-refractivity contribution in [1.29, 1.82) is 0 Å². The van der Waals surface area contributed by atoms with Gasteiger partial charge in [0.1, 0.15) is 5.82 Å². The van der Waals surface area contributed by atoms with Gasteiger partial charge < -0.3 is 11.5 Å². The van der Waals surface area contributed by atoms with Gasteiger partial charge in [0.05, 0.1) is 19.9 Å². The Hall–Kier alpha value is -2.56. The molecule has 0 amide bonds. The van der Waals surface area contributed by atoms with Crippen LogP contribution in [0.4, 0.5) is 11.8 Å². The van der Waals surface area contributed by atoms with E-state index >= 15 is 0 Å². The Kier molecular flexibility index (Phi) is 4.33. The predicted molar refractivity (Wildman–Crippen MR) is 109 cm³/mol. The maximum atomic E-state index is 13.1. The molecular weight excluding hydrogens is 450 g/mol. The predicted octanol–water partition coefficient (Wildman–Crippen LogP) is 3.51. The zero-order chi connectivity index (χ0) is 19.2. The topological polar surface area (TPSA) is 125 Å². The number of rotatable bonds is 3. The molecule has 0 fully saturated rings. The molecule has 0 saturated heterocycles. The Bertz CT molecular complexity index is 1270. The van der Waals surface area contributed by atoms with Crippen LogP contribution in [0, 0.1) is 0 Å². The van der Waals surface area contributed by atoms with E-state index in [0.29, 0.717) is 20.4 Å². The highest BCUT2D eigenvalue weighted by molar-refractivity contribution is 9.11. The summed E-state index contributed by atoms with van der Waals surface area (Å²) in [7, 11) is -3.83. The number of nitrogen functional groups attached to an aromatic ring is 2. The lowest BCUT2D eigenvalue weighted by atomic mass is 10.2. The van der Waals surface area contributed by atoms with Crippen molar-refractivity contribution < 1.29 is 8.42 Å². The molecule has 0 aliphatic carbocycles. The first kappa shape index (κ1) is 17.8. The van der Waals surface area contributed by atoms with E-state index in [1.54, 1.807) is 6.07 Å². The van der Waals surface area contributed by atoms with Crippen molar-refractivity contribution in [3.8, 4) is 11.3 Å². The highest BCUT2D eigenvalue weighted by Gasteiger charge is 2.25. The molecule has 4 rings (SSSR count). The molecule has 7 nitrogen and oxygen atoms in total. The van der Waals surface area contributed by atoms with Gasteiger partial charge >= 0.3 is 0 Å². The molecule has 2 aromatic carbocycles. The van der Waals surface area contributed by atoms with Crippen molar-refractivity contribution in [3.05, 3.63) is 52.3 Å². The summed E-state index contributed by atoms with van der Waals surface area (Å²) in [6, 6.07) is 13.8. The third-order valence-electron chi connectivity index (χ3n) is 3.87. The molecule has 0 unspecified atom stereocenters. The monoisotopic (exact) mass is 461 g/mol. The van der Waals surface area contributed by atoms with Crippen molar-refractivity contribution in [1.82, 2.24) is 15.0 Å². The Morgan fingerprint density at radius 2 is 1.70 bits per heavy atom. The van der Waals surface area contributed by atoms with E-state index in [1.165, 1.54) is 12.1 Å². The summed E-state index contributed by atoms with van der Waals surface area (Å²) in [4.78, 5) is 12.4. The average Bonchev–Trinajstić information content (AvgIpc) is 3.04. The van der Waals surface area contributed by atoms with E-state index < -0.39 is 9.84 Å². The molecule has 4 N–H and O–H groups in total. The second-order valence-electron chi connectivity index (χ2n) is 5.62. The quantitative estimate of drug-likeness (QED) is 0.477. The van der Waals surface area contributed by atoms with E-state index in [9.17, 15) is 8.42 Å². The Morgan fingerprint density at radius 3 is 2.44 bits per heavy atom. The number of thiazole rings is 1. The van der Waals surface area contributed by atoms with Crippen LogP contribution < -0.4 is 11.5 Å². The van der Waals surface area contributed by atoms with E-state index in [-0.39, 0.29) is 21.0 Å². The highest BCUT2D eigenvalue weighted by Crippen LogP contribution is 2.37.